The molecule has 0 aliphatic carbocycles. The summed E-state index contributed by atoms with van der Waals surface area (Å²) in [6, 6.07) is 4.36. The predicted molar refractivity (Wildman–Crippen MR) is 83.7 cm³/mol. The van der Waals surface area contributed by atoms with E-state index in [-0.39, 0.29) is 16.5 Å². The zero-order valence-corrected chi connectivity index (χ0v) is 12.8. The maximum absolute atomic E-state index is 11.9. The third-order valence-corrected chi connectivity index (χ3v) is 3.73. The first-order chi connectivity index (χ1) is 9.97. The van der Waals surface area contributed by atoms with Gasteiger partial charge in [-0.3, -0.25) is 4.79 Å². The van der Waals surface area contributed by atoms with Gasteiger partial charge >= 0.3 is 5.97 Å². The van der Waals surface area contributed by atoms with Crippen LogP contribution in [0.25, 0.3) is 0 Å². The quantitative estimate of drug-likeness (QED) is 0.687. The molecule has 5 nitrogen and oxygen atoms in total. The number of carboxylic acids is 1. The average Bonchev–Trinajstić information content (AvgIpc) is 2.43. The third-order valence-electron chi connectivity index (χ3n) is 3.42. The molecular weight excluding hydrogens is 292 g/mol. The second-order valence-electron chi connectivity index (χ2n) is 4.94. The number of aromatic carboxylic acids is 1. The van der Waals surface area contributed by atoms with Crippen LogP contribution in [0.4, 0.5) is 5.69 Å². The lowest BCUT2D eigenvalue weighted by atomic mass is 9.96. The van der Waals surface area contributed by atoms with E-state index in [1.165, 1.54) is 18.2 Å². The van der Waals surface area contributed by atoms with Crippen LogP contribution in [0.1, 0.15) is 43.0 Å². The number of halogens is 1. The first-order valence-corrected chi connectivity index (χ1v) is 7.38. The molecular formula is C15H21ClN2O3. The van der Waals surface area contributed by atoms with Gasteiger partial charge in [-0.15, -0.1) is 0 Å². The lowest BCUT2D eigenvalue weighted by Crippen LogP contribution is -2.15. The van der Waals surface area contributed by atoms with E-state index in [9.17, 15) is 9.59 Å². The van der Waals surface area contributed by atoms with Crippen LogP contribution in [-0.4, -0.2) is 23.5 Å². The molecule has 1 rings (SSSR count). The van der Waals surface area contributed by atoms with Crippen molar-refractivity contribution in [3.63, 3.8) is 0 Å². The van der Waals surface area contributed by atoms with Crippen molar-refractivity contribution < 1.29 is 14.7 Å². The maximum Gasteiger partial charge on any atom is 0.337 e. The van der Waals surface area contributed by atoms with Crippen LogP contribution >= 0.6 is 11.6 Å². The number of nitrogens with two attached hydrogens (primary N) is 1. The van der Waals surface area contributed by atoms with E-state index in [1.807, 2.05) is 0 Å². The molecule has 6 heteroatoms. The van der Waals surface area contributed by atoms with Gasteiger partial charge in [-0.25, -0.2) is 4.79 Å². The van der Waals surface area contributed by atoms with Gasteiger partial charge in [0.05, 0.1) is 10.6 Å². The van der Waals surface area contributed by atoms with Crippen molar-refractivity contribution >= 4 is 29.2 Å². The molecule has 0 saturated heterocycles. The number of rotatable bonds is 8. The van der Waals surface area contributed by atoms with Crippen LogP contribution in [0, 0.1) is 5.92 Å². The average molecular weight is 313 g/mol. The molecule has 1 aromatic rings. The number of hydrogen-bond donors (Lipinski definition) is 3. The van der Waals surface area contributed by atoms with E-state index >= 15 is 0 Å². The molecule has 0 radical (unpaired) electrons. The first kappa shape index (κ1) is 17.5. The molecule has 0 heterocycles. The minimum atomic E-state index is -1.09. The van der Waals surface area contributed by atoms with Crippen LogP contribution < -0.4 is 11.1 Å². The van der Waals surface area contributed by atoms with Crippen molar-refractivity contribution in [3.8, 4) is 0 Å². The minimum Gasteiger partial charge on any atom is -0.478 e. The fourth-order valence-electron chi connectivity index (χ4n) is 2.11. The molecule has 0 aromatic heterocycles. The summed E-state index contributed by atoms with van der Waals surface area (Å²) in [5, 5.41) is 11.7. The summed E-state index contributed by atoms with van der Waals surface area (Å²) < 4.78 is 0. The fourth-order valence-corrected chi connectivity index (χ4v) is 2.37. The van der Waals surface area contributed by atoms with E-state index in [4.69, 9.17) is 22.4 Å². The number of anilines is 1. The Bertz CT molecular complexity index is 506. The molecule has 116 valence electrons. The van der Waals surface area contributed by atoms with Crippen molar-refractivity contribution in [2.75, 3.05) is 11.9 Å². The molecule has 0 aliphatic heterocycles. The van der Waals surface area contributed by atoms with Gasteiger partial charge < -0.3 is 16.2 Å². The Kier molecular flexibility index (Phi) is 7.19. The second kappa shape index (κ2) is 8.64. The van der Waals surface area contributed by atoms with Crippen LogP contribution in [-0.2, 0) is 4.79 Å². The van der Waals surface area contributed by atoms with Gasteiger partial charge in [-0.05, 0) is 43.5 Å². The fraction of sp³-hybridized carbons (Fsp3) is 0.467. The number of carbonyl (C=O) groups is 2. The monoisotopic (exact) mass is 312 g/mol. The van der Waals surface area contributed by atoms with Crippen molar-refractivity contribution in [2.24, 2.45) is 11.7 Å². The molecule has 0 bridgehead atoms. The van der Waals surface area contributed by atoms with Crippen LogP contribution in [0.3, 0.4) is 0 Å². The number of hydrogen-bond acceptors (Lipinski definition) is 3. The Hall–Kier alpha value is -1.59. The van der Waals surface area contributed by atoms with E-state index in [1.54, 1.807) is 0 Å². The Labute approximate surface area is 129 Å². The highest BCUT2D eigenvalue weighted by Gasteiger charge is 2.12. The summed E-state index contributed by atoms with van der Waals surface area (Å²) in [6.45, 7) is 2.72. The van der Waals surface area contributed by atoms with Crippen LogP contribution in [0.5, 0.6) is 0 Å². The number of carboxylic acid groups (broad SMARTS) is 1. The van der Waals surface area contributed by atoms with E-state index < -0.39 is 5.97 Å². The van der Waals surface area contributed by atoms with Gasteiger partial charge in [0, 0.05) is 12.1 Å². The third kappa shape index (κ3) is 5.73. The first-order valence-electron chi connectivity index (χ1n) is 7.00. The number of amides is 1. The summed E-state index contributed by atoms with van der Waals surface area (Å²) >= 11 is 5.85. The van der Waals surface area contributed by atoms with Crippen molar-refractivity contribution in [3.05, 3.63) is 28.8 Å². The summed E-state index contributed by atoms with van der Waals surface area (Å²) in [5.74, 6) is -0.742. The molecule has 1 atom stereocenters. The smallest absolute Gasteiger partial charge is 0.337 e. The van der Waals surface area contributed by atoms with E-state index in [0.717, 1.165) is 19.3 Å². The van der Waals surface area contributed by atoms with Crippen molar-refractivity contribution in [1.82, 2.24) is 0 Å². The predicted octanol–water partition coefficient (Wildman–Crippen LogP) is 3.13. The summed E-state index contributed by atoms with van der Waals surface area (Å²) in [5.41, 5.74) is 6.05. The summed E-state index contributed by atoms with van der Waals surface area (Å²) in [7, 11) is 0. The van der Waals surface area contributed by atoms with E-state index in [0.29, 0.717) is 24.6 Å². The molecule has 1 unspecified atom stereocenters. The molecule has 1 amide bonds. The van der Waals surface area contributed by atoms with Gasteiger partial charge in [0.2, 0.25) is 5.91 Å². The van der Waals surface area contributed by atoms with Gasteiger partial charge in [-0.1, -0.05) is 24.9 Å². The number of carbonyl (C=O) groups excluding carboxylic acids is 1. The standard InChI is InChI=1S/C15H21ClN2O3/c1-2-10(7-8-17)3-6-14(19)18-11-4-5-12(15(20)21)13(16)9-11/h4-5,9-10H,2-3,6-8,17H2,1H3,(H,18,19)(H,20,21). The highest BCUT2D eigenvalue weighted by Crippen LogP contribution is 2.21. The largest absolute Gasteiger partial charge is 0.478 e. The Balaban J connectivity index is 2.55. The van der Waals surface area contributed by atoms with Gasteiger partial charge in [-0.2, -0.15) is 0 Å². The highest BCUT2D eigenvalue weighted by molar-refractivity contribution is 6.33. The molecule has 21 heavy (non-hydrogen) atoms. The maximum atomic E-state index is 11.9. The highest BCUT2D eigenvalue weighted by atomic mass is 35.5. The van der Waals surface area contributed by atoms with Gasteiger partial charge in [0.15, 0.2) is 0 Å². The molecule has 0 saturated carbocycles. The lowest BCUT2D eigenvalue weighted by molar-refractivity contribution is -0.116. The zero-order valence-electron chi connectivity index (χ0n) is 12.1. The normalized spacial score (nSPS) is 12.0. The number of benzene rings is 1. The Morgan fingerprint density at radius 3 is 2.62 bits per heavy atom. The van der Waals surface area contributed by atoms with Gasteiger partial charge in [0.25, 0.3) is 0 Å². The molecule has 1 aromatic carbocycles. The second-order valence-corrected chi connectivity index (χ2v) is 5.35. The lowest BCUT2D eigenvalue weighted by Gasteiger charge is -2.13. The van der Waals surface area contributed by atoms with Crippen molar-refractivity contribution in [2.45, 2.75) is 32.6 Å². The minimum absolute atomic E-state index is 0.0173. The Morgan fingerprint density at radius 1 is 1.38 bits per heavy atom. The number of nitrogens with one attached hydrogen (secondary N) is 1. The van der Waals surface area contributed by atoms with E-state index in [2.05, 4.69) is 12.2 Å². The van der Waals surface area contributed by atoms with Crippen molar-refractivity contribution in [1.29, 1.82) is 0 Å². The van der Waals surface area contributed by atoms with Crippen LogP contribution in [0.15, 0.2) is 18.2 Å². The summed E-state index contributed by atoms with van der Waals surface area (Å²) in [6.07, 6.45) is 3.13. The topological polar surface area (TPSA) is 92.4 Å². The molecule has 0 aliphatic rings. The van der Waals surface area contributed by atoms with Crippen LogP contribution in [0.2, 0.25) is 5.02 Å². The molecule has 4 N–H and O–H groups in total. The zero-order chi connectivity index (χ0) is 15.8. The molecule has 0 spiro atoms. The summed E-state index contributed by atoms with van der Waals surface area (Å²) in [4.78, 5) is 22.7. The van der Waals surface area contributed by atoms with Gasteiger partial charge in [0.1, 0.15) is 0 Å². The SMILES string of the molecule is CCC(CCN)CCC(=O)Nc1ccc(C(=O)O)c(Cl)c1. The molecule has 0 fully saturated rings. The Morgan fingerprint density at radius 2 is 2.10 bits per heavy atom.